The number of hydrogen-bond acceptors (Lipinski definition) is 3. The van der Waals surface area contributed by atoms with E-state index in [1.807, 2.05) is 49.4 Å². The number of benzene rings is 2. The smallest absolute Gasteiger partial charge is 0.239 e. The zero-order valence-electron chi connectivity index (χ0n) is 15.6. The Balaban J connectivity index is 1.77. The number of rotatable bonds is 8. The molecule has 6 nitrogen and oxygen atoms in total. The fraction of sp³-hybridized carbons (Fsp3) is 0.286. The van der Waals surface area contributed by atoms with E-state index < -0.39 is 0 Å². The van der Waals surface area contributed by atoms with Gasteiger partial charge in [0.1, 0.15) is 0 Å². The van der Waals surface area contributed by atoms with Crippen molar-refractivity contribution in [1.82, 2.24) is 10.6 Å². The summed E-state index contributed by atoms with van der Waals surface area (Å²) in [6.45, 7) is 3.59. The number of hydrogen-bond donors (Lipinski definition) is 3. The Bertz CT molecular complexity index is 773. The van der Waals surface area contributed by atoms with Gasteiger partial charge < -0.3 is 16.0 Å². The zero-order chi connectivity index (χ0) is 19.6. The number of carbonyl (C=O) groups excluding carboxylic acids is 3. The first-order valence-corrected chi connectivity index (χ1v) is 8.97. The molecule has 0 aliphatic carbocycles. The van der Waals surface area contributed by atoms with Gasteiger partial charge in [-0.3, -0.25) is 14.4 Å². The van der Waals surface area contributed by atoms with Gasteiger partial charge in [-0.05, 0) is 30.2 Å². The van der Waals surface area contributed by atoms with Crippen LogP contribution in [-0.4, -0.2) is 24.3 Å². The lowest BCUT2D eigenvalue weighted by atomic mass is 10.1. The molecule has 0 aliphatic rings. The quantitative estimate of drug-likeness (QED) is 0.670. The van der Waals surface area contributed by atoms with Gasteiger partial charge in [-0.15, -0.1) is 0 Å². The fourth-order valence-electron chi connectivity index (χ4n) is 2.50. The average Bonchev–Trinajstić information content (AvgIpc) is 2.67. The minimum Gasteiger partial charge on any atom is -0.348 e. The predicted molar refractivity (Wildman–Crippen MR) is 105 cm³/mol. The van der Waals surface area contributed by atoms with Crippen LogP contribution >= 0.6 is 0 Å². The van der Waals surface area contributed by atoms with Gasteiger partial charge in [0, 0.05) is 12.1 Å². The minimum absolute atomic E-state index is 0.0460. The second-order valence-corrected chi connectivity index (χ2v) is 6.25. The highest BCUT2D eigenvalue weighted by Crippen LogP contribution is 2.16. The zero-order valence-corrected chi connectivity index (χ0v) is 15.6. The van der Waals surface area contributed by atoms with Gasteiger partial charge in [0.15, 0.2) is 0 Å². The van der Waals surface area contributed by atoms with Crippen LogP contribution in [0.15, 0.2) is 54.6 Å². The van der Waals surface area contributed by atoms with Gasteiger partial charge in [-0.2, -0.15) is 0 Å². The second kappa shape index (κ2) is 10.1. The van der Waals surface area contributed by atoms with Gasteiger partial charge in [0.2, 0.25) is 17.7 Å². The Morgan fingerprint density at radius 1 is 0.889 bits per heavy atom. The maximum Gasteiger partial charge on any atom is 0.239 e. The first-order chi connectivity index (χ1) is 13.0. The first-order valence-electron chi connectivity index (χ1n) is 8.97. The van der Waals surface area contributed by atoms with E-state index in [-0.39, 0.29) is 36.7 Å². The Kier molecular flexibility index (Phi) is 7.55. The van der Waals surface area contributed by atoms with Crippen molar-refractivity contribution in [2.24, 2.45) is 0 Å². The van der Waals surface area contributed by atoms with E-state index in [1.165, 1.54) is 0 Å². The van der Waals surface area contributed by atoms with Crippen LogP contribution in [0.1, 0.15) is 37.4 Å². The van der Waals surface area contributed by atoms with Crippen molar-refractivity contribution < 1.29 is 14.4 Å². The molecule has 0 aromatic heterocycles. The summed E-state index contributed by atoms with van der Waals surface area (Å²) in [7, 11) is 0. The third-order valence-electron chi connectivity index (χ3n) is 4.05. The Morgan fingerprint density at radius 3 is 2.19 bits per heavy atom. The molecule has 142 valence electrons. The summed E-state index contributed by atoms with van der Waals surface area (Å²) in [5.74, 6) is -0.498. The largest absolute Gasteiger partial charge is 0.348 e. The second-order valence-electron chi connectivity index (χ2n) is 6.25. The number of carbonyl (C=O) groups is 3. The lowest BCUT2D eigenvalue weighted by molar-refractivity contribution is -0.126. The fourth-order valence-corrected chi connectivity index (χ4v) is 2.50. The van der Waals surface area contributed by atoms with Crippen molar-refractivity contribution in [3.8, 4) is 0 Å². The predicted octanol–water partition coefficient (Wildman–Crippen LogP) is 2.57. The molecule has 0 heterocycles. The molecule has 6 heteroatoms. The van der Waals surface area contributed by atoms with Crippen LogP contribution < -0.4 is 16.0 Å². The standard InChI is InChI=1S/C21H25N3O3/c1-3-19(25)24-18-11-9-17(10-12-18)15(2)23-21(27)14-22-20(26)13-16-7-5-4-6-8-16/h4-12,15H,3,13-14H2,1-2H3,(H,22,26)(H,23,27)(H,24,25). The maximum atomic E-state index is 12.1. The van der Waals surface area contributed by atoms with Crippen LogP contribution in [-0.2, 0) is 20.8 Å². The minimum atomic E-state index is -0.257. The topological polar surface area (TPSA) is 87.3 Å². The van der Waals surface area contributed by atoms with Crippen LogP contribution in [0, 0.1) is 0 Å². The van der Waals surface area contributed by atoms with Crippen molar-refractivity contribution >= 4 is 23.4 Å². The summed E-state index contributed by atoms with van der Waals surface area (Å²) in [6.07, 6.45) is 0.665. The molecule has 3 N–H and O–H groups in total. The number of nitrogens with one attached hydrogen (secondary N) is 3. The van der Waals surface area contributed by atoms with Crippen molar-refractivity contribution in [2.45, 2.75) is 32.7 Å². The molecule has 2 rings (SSSR count). The van der Waals surface area contributed by atoms with Crippen LogP contribution in [0.5, 0.6) is 0 Å². The molecule has 0 saturated carbocycles. The number of amides is 3. The van der Waals surface area contributed by atoms with Crippen LogP contribution in [0.3, 0.4) is 0 Å². The highest BCUT2D eigenvalue weighted by molar-refractivity contribution is 5.90. The number of anilines is 1. The summed E-state index contributed by atoms with van der Waals surface area (Å²) in [5.41, 5.74) is 2.53. The molecule has 1 unspecified atom stereocenters. The van der Waals surface area contributed by atoms with Gasteiger partial charge in [-0.1, -0.05) is 49.4 Å². The molecule has 3 amide bonds. The summed E-state index contributed by atoms with van der Waals surface area (Å²) < 4.78 is 0. The van der Waals surface area contributed by atoms with E-state index >= 15 is 0 Å². The molecule has 2 aromatic carbocycles. The highest BCUT2D eigenvalue weighted by Gasteiger charge is 2.11. The lowest BCUT2D eigenvalue weighted by Gasteiger charge is -2.15. The summed E-state index contributed by atoms with van der Waals surface area (Å²) >= 11 is 0. The van der Waals surface area contributed by atoms with Gasteiger partial charge in [0.25, 0.3) is 0 Å². The molecular formula is C21H25N3O3. The molecule has 1 atom stereocenters. The van der Waals surface area contributed by atoms with E-state index in [2.05, 4.69) is 16.0 Å². The summed E-state index contributed by atoms with van der Waals surface area (Å²) in [5, 5.41) is 8.25. The SMILES string of the molecule is CCC(=O)Nc1ccc(C(C)NC(=O)CNC(=O)Cc2ccccc2)cc1. The van der Waals surface area contributed by atoms with E-state index in [0.29, 0.717) is 6.42 Å². The van der Waals surface area contributed by atoms with Gasteiger partial charge in [0.05, 0.1) is 19.0 Å². The summed E-state index contributed by atoms with van der Waals surface area (Å²) in [6, 6.07) is 16.5. The van der Waals surface area contributed by atoms with Gasteiger partial charge >= 0.3 is 0 Å². The normalized spacial score (nSPS) is 11.3. The van der Waals surface area contributed by atoms with E-state index in [0.717, 1.165) is 16.8 Å². The Morgan fingerprint density at radius 2 is 1.56 bits per heavy atom. The molecule has 27 heavy (non-hydrogen) atoms. The molecular weight excluding hydrogens is 342 g/mol. The van der Waals surface area contributed by atoms with Crippen LogP contribution in [0.4, 0.5) is 5.69 Å². The lowest BCUT2D eigenvalue weighted by Crippen LogP contribution is -2.38. The molecule has 0 fully saturated rings. The molecule has 0 aliphatic heterocycles. The monoisotopic (exact) mass is 367 g/mol. The van der Waals surface area contributed by atoms with E-state index in [1.54, 1.807) is 19.1 Å². The maximum absolute atomic E-state index is 12.1. The molecule has 2 aromatic rings. The molecule has 0 spiro atoms. The average molecular weight is 367 g/mol. The highest BCUT2D eigenvalue weighted by atomic mass is 16.2. The molecule has 0 saturated heterocycles. The Labute approximate surface area is 159 Å². The van der Waals surface area contributed by atoms with Gasteiger partial charge in [-0.25, -0.2) is 0 Å². The molecule has 0 radical (unpaired) electrons. The van der Waals surface area contributed by atoms with Crippen LogP contribution in [0.25, 0.3) is 0 Å². The third-order valence-corrected chi connectivity index (χ3v) is 4.05. The van der Waals surface area contributed by atoms with Crippen molar-refractivity contribution in [3.63, 3.8) is 0 Å². The van der Waals surface area contributed by atoms with Crippen LogP contribution in [0.2, 0.25) is 0 Å². The van der Waals surface area contributed by atoms with E-state index in [9.17, 15) is 14.4 Å². The van der Waals surface area contributed by atoms with E-state index in [4.69, 9.17) is 0 Å². The van der Waals surface area contributed by atoms with Crippen molar-refractivity contribution in [3.05, 3.63) is 65.7 Å². The third kappa shape index (κ3) is 6.93. The Hall–Kier alpha value is -3.15. The van der Waals surface area contributed by atoms with Crippen molar-refractivity contribution in [2.75, 3.05) is 11.9 Å². The van der Waals surface area contributed by atoms with Crippen molar-refractivity contribution in [1.29, 1.82) is 0 Å². The summed E-state index contributed by atoms with van der Waals surface area (Å²) in [4.78, 5) is 35.3. The first kappa shape index (κ1) is 20.2. The molecule has 0 bridgehead atoms.